The van der Waals surface area contributed by atoms with Crippen molar-refractivity contribution < 1.29 is 4.74 Å². The third-order valence-corrected chi connectivity index (χ3v) is 3.54. The fourth-order valence-electron chi connectivity index (χ4n) is 2.41. The van der Waals surface area contributed by atoms with E-state index in [2.05, 4.69) is 35.4 Å². The van der Waals surface area contributed by atoms with Crippen molar-refractivity contribution in [2.75, 3.05) is 6.61 Å². The number of nitrogens with zero attached hydrogens (tertiary/aromatic N) is 2. The summed E-state index contributed by atoms with van der Waals surface area (Å²) in [5, 5.41) is 11.1. The van der Waals surface area contributed by atoms with Crippen LogP contribution in [0.25, 0.3) is 10.8 Å². The van der Waals surface area contributed by atoms with E-state index in [1.54, 1.807) is 0 Å². The molecule has 0 aromatic heterocycles. The molecule has 0 amide bonds. The van der Waals surface area contributed by atoms with E-state index in [0.717, 1.165) is 22.5 Å². The van der Waals surface area contributed by atoms with Crippen LogP contribution in [0.3, 0.4) is 0 Å². The number of hydrogen-bond donors (Lipinski definition) is 0. The Bertz CT molecular complexity index is 807. The van der Waals surface area contributed by atoms with Crippen molar-refractivity contribution in [2.45, 2.75) is 13.8 Å². The van der Waals surface area contributed by atoms with Crippen molar-refractivity contribution in [3.8, 4) is 5.75 Å². The summed E-state index contributed by atoms with van der Waals surface area (Å²) < 4.78 is 5.42. The van der Waals surface area contributed by atoms with Gasteiger partial charge in [-0.25, -0.2) is 0 Å². The lowest BCUT2D eigenvalue weighted by Gasteiger charge is -2.04. The van der Waals surface area contributed by atoms with Crippen LogP contribution >= 0.6 is 0 Å². The first-order chi connectivity index (χ1) is 10.8. The SMILES string of the molecule is CCOc1ccc(N=Nc2ccc(C)c3ccccc23)cc1. The highest BCUT2D eigenvalue weighted by molar-refractivity contribution is 5.94. The van der Waals surface area contributed by atoms with Crippen molar-refractivity contribution in [3.05, 3.63) is 66.2 Å². The van der Waals surface area contributed by atoms with Gasteiger partial charge in [-0.2, -0.15) is 5.11 Å². The highest BCUT2D eigenvalue weighted by Crippen LogP contribution is 2.30. The van der Waals surface area contributed by atoms with E-state index in [1.165, 1.54) is 10.9 Å². The zero-order valence-electron chi connectivity index (χ0n) is 12.8. The van der Waals surface area contributed by atoms with Crippen LogP contribution < -0.4 is 4.74 Å². The van der Waals surface area contributed by atoms with Crippen molar-refractivity contribution in [1.29, 1.82) is 0 Å². The molecule has 0 unspecified atom stereocenters. The molecule has 0 atom stereocenters. The second-order valence-electron chi connectivity index (χ2n) is 5.07. The lowest BCUT2D eigenvalue weighted by molar-refractivity contribution is 0.340. The summed E-state index contributed by atoms with van der Waals surface area (Å²) in [5.74, 6) is 0.849. The molecule has 3 rings (SSSR count). The van der Waals surface area contributed by atoms with E-state index in [9.17, 15) is 0 Å². The molecular weight excluding hydrogens is 272 g/mol. The van der Waals surface area contributed by atoms with Crippen LogP contribution in [0.15, 0.2) is 70.9 Å². The average molecular weight is 290 g/mol. The van der Waals surface area contributed by atoms with Gasteiger partial charge in [0.25, 0.3) is 0 Å². The Kier molecular flexibility index (Phi) is 4.15. The van der Waals surface area contributed by atoms with Crippen LogP contribution in [-0.4, -0.2) is 6.61 Å². The fourth-order valence-corrected chi connectivity index (χ4v) is 2.41. The molecule has 3 aromatic carbocycles. The van der Waals surface area contributed by atoms with Gasteiger partial charge in [0.1, 0.15) is 5.75 Å². The predicted octanol–water partition coefficient (Wildman–Crippen LogP) is 5.96. The minimum absolute atomic E-state index is 0.663. The normalized spacial score (nSPS) is 11.2. The van der Waals surface area contributed by atoms with E-state index < -0.39 is 0 Å². The van der Waals surface area contributed by atoms with Crippen molar-refractivity contribution >= 4 is 22.1 Å². The number of benzene rings is 3. The van der Waals surface area contributed by atoms with Crippen LogP contribution in [0.1, 0.15) is 12.5 Å². The van der Waals surface area contributed by atoms with Crippen LogP contribution in [0.5, 0.6) is 5.75 Å². The fraction of sp³-hybridized carbons (Fsp3) is 0.158. The molecule has 0 aliphatic rings. The quantitative estimate of drug-likeness (QED) is 0.545. The van der Waals surface area contributed by atoms with E-state index >= 15 is 0 Å². The maximum absolute atomic E-state index is 5.42. The Morgan fingerprint density at radius 3 is 2.27 bits per heavy atom. The highest BCUT2D eigenvalue weighted by atomic mass is 16.5. The summed E-state index contributed by atoms with van der Waals surface area (Å²) in [6.07, 6.45) is 0. The highest BCUT2D eigenvalue weighted by Gasteiger charge is 2.02. The minimum Gasteiger partial charge on any atom is -0.494 e. The van der Waals surface area contributed by atoms with Gasteiger partial charge in [0.05, 0.1) is 18.0 Å². The Hall–Kier alpha value is -2.68. The summed E-state index contributed by atoms with van der Waals surface area (Å²) in [6, 6.07) is 20.0. The summed E-state index contributed by atoms with van der Waals surface area (Å²) in [4.78, 5) is 0. The molecule has 3 nitrogen and oxygen atoms in total. The molecule has 0 bridgehead atoms. The second-order valence-corrected chi connectivity index (χ2v) is 5.07. The zero-order chi connectivity index (χ0) is 15.4. The maximum Gasteiger partial charge on any atom is 0.119 e. The Morgan fingerprint density at radius 1 is 0.818 bits per heavy atom. The van der Waals surface area contributed by atoms with Gasteiger partial charge in [0, 0.05) is 5.39 Å². The molecule has 22 heavy (non-hydrogen) atoms. The van der Waals surface area contributed by atoms with Crippen LogP contribution in [-0.2, 0) is 0 Å². The topological polar surface area (TPSA) is 34.0 Å². The molecule has 3 aromatic rings. The molecular formula is C19H18N2O. The van der Waals surface area contributed by atoms with E-state index in [4.69, 9.17) is 4.74 Å². The number of rotatable bonds is 4. The molecule has 0 fully saturated rings. The smallest absolute Gasteiger partial charge is 0.119 e. The van der Waals surface area contributed by atoms with Gasteiger partial charge in [-0.15, -0.1) is 5.11 Å². The number of azo groups is 1. The monoisotopic (exact) mass is 290 g/mol. The first kappa shape index (κ1) is 14.3. The van der Waals surface area contributed by atoms with Gasteiger partial charge < -0.3 is 4.74 Å². The van der Waals surface area contributed by atoms with E-state index in [1.807, 2.05) is 49.4 Å². The molecule has 0 spiro atoms. The van der Waals surface area contributed by atoms with E-state index in [0.29, 0.717) is 6.61 Å². The number of aryl methyl sites for hydroxylation is 1. The van der Waals surface area contributed by atoms with Gasteiger partial charge in [0.15, 0.2) is 0 Å². The van der Waals surface area contributed by atoms with Gasteiger partial charge in [-0.3, -0.25) is 0 Å². The third kappa shape index (κ3) is 2.98. The van der Waals surface area contributed by atoms with Gasteiger partial charge in [0.2, 0.25) is 0 Å². The number of hydrogen-bond acceptors (Lipinski definition) is 3. The second kappa shape index (κ2) is 6.39. The zero-order valence-corrected chi connectivity index (χ0v) is 12.8. The predicted molar refractivity (Wildman–Crippen MR) is 90.5 cm³/mol. The Morgan fingerprint density at radius 2 is 1.55 bits per heavy atom. The summed E-state index contributed by atoms with van der Waals surface area (Å²) >= 11 is 0. The Labute approximate surface area is 130 Å². The van der Waals surface area contributed by atoms with Crippen LogP contribution in [0, 0.1) is 6.92 Å². The molecule has 0 saturated heterocycles. The molecule has 0 saturated carbocycles. The van der Waals surface area contributed by atoms with Gasteiger partial charge in [-0.1, -0.05) is 30.3 Å². The third-order valence-electron chi connectivity index (χ3n) is 3.54. The minimum atomic E-state index is 0.663. The summed E-state index contributed by atoms with van der Waals surface area (Å²) in [7, 11) is 0. The molecule has 0 aliphatic carbocycles. The molecule has 3 heteroatoms. The van der Waals surface area contributed by atoms with Crippen LogP contribution in [0.4, 0.5) is 11.4 Å². The first-order valence-corrected chi connectivity index (χ1v) is 7.41. The standard InChI is InChI=1S/C19H18N2O/c1-3-22-16-11-9-15(10-12-16)20-21-19-13-8-14(2)17-6-4-5-7-18(17)19/h4-13H,3H2,1-2H3. The Balaban J connectivity index is 1.91. The number of fused-ring (bicyclic) bond motifs is 1. The molecule has 0 radical (unpaired) electrons. The van der Waals surface area contributed by atoms with Crippen molar-refractivity contribution in [3.63, 3.8) is 0 Å². The maximum atomic E-state index is 5.42. The molecule has 110 valence electrons. The molecule has 0 aliphatic heterocycles. The van der Waals surface area contributed by atoms with Crippen molar-refractivity contribution in [2.24, 2.45) is 10.2 Å². The average Bonchev–Trinajstić information content (AvgIpc) is 2.56. The first-order valence-electron chi connectivity index (χ1n) is 7.41. The summed E-state index contributed by atoms with van der Waals surface area (Å²) in [6.45, 7) is 4.74. The lowest BCUT2D eigenvalue weighted by atomic mass is 10.0. The van der Waals surface area contributed by atoms with Crippen molar-refractivity contribution in [1.82, 2.24) is 0 Å². The molecule has 0 N–H and O–H groups in total. The van der Waals surface area contributed by atoms with E-state index in [-0.39, 0.29) is 0 Å². The molecule has 0 heterocycles. The van der Waals surface area contributed by atoms with Crippen LogP contribution in [0.2, 0.25) is 0 Å². The largest absolute Gasteiger partial charge is 0.494 e. The number of ether oxygens (including phenoxy) is 1. The van der Waals surface area contributed by atoms with Gasteiger partial charge >= 0.3 is 0 Å². The summed E-state index contributed by atoms with van der Waals surface area (Å²) in [5.41, 5.74) is 2.94. The lowest BCUT2D eigenvalue weighted by Crippen LogP contribution is -1.89. The van der Waals surface area contributed by atoms with Gasteiger partial charge in [-0.05, 0) is 55.1 Å².